The van der Waals surface area contributed by atoms with Crippen LogP contribution in [0, 0.1) is 0 Å². The Balaban J connectivity index is 1.97. The molecule has 2 aromatic rings. The molecule has 8 nitrogen and oxygen atoms in total. The van der Waals surface area contributed by atoms with Crippen molar-refractivity contribution in [1.82, 2.24) is 15.5 Å². The van der Waals surface area contributed by atoms with E-state index < -0.39 is 11.8 Å². The molecule has 3 N–H and O–H groups in total. The fraction of sp³-hybridized carbons (Fsp3) is 0.150. The van der Waals surface area contributed by atoms with Crippen LogP contribution in [0.2, 0.25) is 0 Å². The number of anilines is 1. The quantitative estimate of drug-likeness (QED) is 0.315. The van der Waals surface area contributed by atoms with E-state index in [-0.39, 0.29) is 34.3 Å². The van der Waals surface area contributed by atoms with Crippen LogP contribution in [0.4, 0.5) is 5.69 Å². The number of nitrogens with one attached hydrogen (secondary N) is 2. The smallest absolute Gasteiger partial charge is 0.277 e. The number of hydrogen-bond acceptors (Lipinski definition) is 6. The van der Waals surface area contributed by atoms with E-state index >= 15 is 0 Å². The van der Waals surface area contributed by atoms with Gasteiger partial charge in [0.2, 0.25) is 0 Å². The van der Waals surface area contributed by atoms with Crippen LogP contribution in [0.25, 0.3) is 0 Å². The molecule has 29 heavy (non-hydrogen) atoms. The minimum absolute atomic E-state index is 0.0521. The molecule has 0 aliphatic carbocycles. The van der Waals surface area contributed by atoms with E-state index in [9.17, 15) is 19.5 Å². The molecule has 0 radical (unpaired) electrons. The highest BCUT2D eigenvalue weighted by atomic mass is 127. The van der Waals surface area contributed by atoms with Crippen LogP contribution in [-0.2, 0) is 16.1 Å². The number of nitrogens with zero attached hydrogens (tertiary/aromatic N) is 2. The molecule has 0 bridgehead atoms. The molecule has 3 rings (SSSR count). The number of phenolic OH excluding ortho intramolecular Hbond substituents is 1. The third-order valence-corrected chi connectivity index (χ3v) is 5.28. The number of benzene rings is 2. The molecule has 0 saturated heterocycles. The zero-order valence-corrected chi connectivity index (χ0v) is 17.9. The van der Waals surface area contributed by atoms with Crippen molar-refractivity contribution in [3.63, 3.8) is 0 Å². The fourth-order valence-electron chi connectivity index (χ4n) is 2.81. The Morgan fingerprint density at radius 1 is 1.07 bits per heavy atom. The van der Waals surface area contributed by atoms with Crippen LogP contribution in [0.1, 0.15) is 15.9 Å². The highest BCUT2D eigenvalue weighted by molar-refractivity contribution is 14.1. The maximum absolute atomic E-state index is 12.4. The molecule has 3 amide bonds. The van der Waals surface area contributed by atoms with Gasteiger partial charge >= 0.3 is 0 Å². The number of carbonyl (C=O) groups excluding carboxylic acids is 3. The van der Waals surface area contributed by atoms with Crippen LogP contribution >= 0.6 is 22.9 Å². The van der Waals surface area contributed by atoms with Gasteiger partial charge in [-0.25, -0.2) is 0 Å². The number of hydrogen-bond donors (Lipinski definition) is 3. The lowest BCUT2D eigenvalue weighted by atomic mass is 10.1. The van der Waals surface area contributed by atoms with E-state index in [1.807, 2.05) is 53.2 Å². The number of para-hydroxylation sites is 1. The summed E-state index contributed by atoms with van der Waals surface area (Å²) in [4.78, 5) is 38.4. The largest absolute Gasteiger partial charge is 0.505 e. The van der Waals surface area contributed by atoms with E-state index in [1.54, 1.807) is 26.2 Å². The summed E-state index contributed by atoms with van der Waals surface area (Å²) >= 11 is 1.82. The summed E-state index contributed by atoms with van der Waals surface area (Å²) in [5.74, 6) is -1.80. The first-order chi connectivity index (χ1) is 13.8. The average molecular weight is 506 g/mol. The zero-order chi connectivity index (χ0) is 21.1. The van der Waals surface area contributed by atoms with Crippen molar-refractivity contribution in [3.05, 3.63) is 71.1 Å². The predicted octanol–water partition coefficient (Wildman–Crippen LogP) is 1.91. The molecule has 1 heterocycles. The number of carbonyl (C=O) groups is 3. The standard InChI is InChI=1S/C20H19IN4O4/c1-24(2)20(29)13-9-6-10-14(17(13)26)25(21)16-15(18(27)23-19(16)28)22-11-12-7-4-3-5-8-12/h3-10,26H,11H2,1-2H3,(H2,22,23,27,28). The molecule has 1 aliphatic heterocycles. The second kappa shape index (κ2) is 8.52. The number of aromatic hydroxyl groups is 1. The lowest BCUT2D eigenvalue weighted by Gasteiger charge is -2.21. The summed E-state index contributed by atoms with van der Waals surface area (Å²) in [6.45, 7) is 0.343. The number of amides is 3. The van der Waals surface area contributed by atoms with Crippen molar-refractivity contribution in [2.24, 2.45) is 0 Å². The Bertz CT molecular complexity index is 1000. The van der Waals surface area contributed by atoms with Gasteiger partial charge in [-0.1, -0.05) is 36.4 Å². The second-order valence-corrected chi connectivity index (χ2v) is 7.46. The summed E-state index contributed by atoms with van der Waals surface area (Å²) in [6.07, 6.45) is 0. The molecule has 0 fully saturated rings. The Morgan fingerprint density at radius 2 is 1.76 bits per heavy atom. The summed E-state index contributed by atoms with van der Waals surface area (Å²) in [5, 5.41) is 15.9. The third-order valence-electron chi connectivity index (χ3n) is 4.28. The monoisotopic (exact) mass is 506 g/mol. The number of imide groups is 1. The molecule has 0 saturated carbocycles. The van der Waals surface area contributed by atoms with Gasteiger partial charge in [0.05, 0.1) is 34.1 Å². The van der Waals surface area contributed by atoms with Gasteiger partial charge in [0.15, 0.2) is 5.75 Å². The van der Waals surface area contributed by atoms with E-state index in [0.29, 0.717) is 6.54 Å². The average Bonchev–Trinajstić information content (AvgIpc) is 2.99. The van der Waals surface area contributed by atoms with Gasteiger partial charge < -0.3 is 15.3 Å². The Hall–Kier alpha value is -3.08. The van der Waals surface area contributed by atoms with Crippen LogP contribution < -0.4 is 13.7 Å². The minimum Gasteiger partial charge on any atom is -0.505 e. The molecule has 0 atom stereocenters. The lowest BCUT2D eigenvalue weighted by molar-refractivity contribution is -0.124. The van der Waals surface area contributed by atoms with Gasteiger partial charge in [0, 0.05) is 20.6 Å². The van der Waals surface area contributed by atoms with Crippen LogP contribution in [0.5, 0.6) is 5.75 Å². The molecule has 9 heteroatoms. The molecule has 0 aromatic heterocycles. The first kappa shape index (κ1) is 20.6. The van der Waals surface area contributed by atoms with E-state index in [1.165, 1.54) is 14.1 Å². The van der Waals surface area contributed by atoms with Gasteiger partial charge in [-0.3, -0.25) is 22.8 Å². The van der Waals surface area contributed by atoms with Crippen molar-refractivity contribution in [2.75, 3.05) is 17.2 Å². The summed E-state index contributed by atoms with van der Waals surface area (Å²) < 4.78 is 1.37. The van der Waals surface area contributed by atoms with Gasteiger partial charge in [-0.05, 0) is 17.7 Å². The molecule has 150 valence electrons. The number of halogens is 1. The minimum atomic E-state index is -0.594. The lowest BCUT2D eigenvalue weighted by Crippen LogP contribution is -2.27. The predicted molar refractivity (Wildman–Crippen MR) is 116 cm³/mol. The molecular weight excluding hydrogens is 487 g/mol. The van der Waals surface area contributed by atoms with Gasteiger partial charge in [0.1, 0.15) is 11.4 Å². The topological polar surface area (TPSA) is 102 Å². The van der Waals surface area contributed by atoms with Crippen LogP contribution in [0.3, 0.4) is 0 Å². The Labute approximate surface area is 181 Å². The highest BCUT2D eigenvalue weighted by Gasteiger charge is 2.35. The van der Waals surface area contributed by atoms with E-state index in [0.717, 1.165) is 5.56 Å². The maximum Gasteiger partial charge on any atom is 0.277 e. The maximum atomic E-state index is 12.4. The first-order valence-corrected chi connectivity index (χ1v) is 9.65. The van der Waals surface area contributed by atoms with Crippen LogP contribution in [0.15, 0.2) is 59.9 Å². The van der Waals surface area contributed by atoms with Crippen molar-refractivity contribution >= 4 is 46.3 Å². The van der Waals surface area contributed by atoms with Crippen molar-refractivity contribution in [2.45, 2.75) is 6.54 Å². The summed E-state index contributed by atoms with van der Waals surface area (Å²) in [5.41, 5.74) is 1.40. The molecule has 1 aliphatic rings. The molecular formula is C20H19IN4O4. The van der Waals surface area contributed by atoms with Crippen molar-refractivity contribution in [3.8, 4) is 5.75 Å². The summed E-state index contributed by atoms with van der Waals surface area (Å²) in [7, 11) is 3.15. The zero-order valence-electron chi connectivity index (χ0n) is 15.8. The van der Waals surface area contributed by atoms with Gasteiger partial charge in [0.25, 0.3) is 17.7 Å². The Kier molecular flexibility index (Phi) is 6.06. The normalized spacial score (nSPS) is 13.3. The highest BCUT2D eigenvalue weighted by Crippen LogP contribution is 2.37. The third kappa shape index (κ3) is 4.19. The van der Waals surface area contributed by atoms with Gasteiger partial charge in [-0.2, -0.15) is 0 Å². The van der Waals surface area contributed by atoms with Crippen LogP contribution in [-0.4, -0.2) is 41.8 Å². The number of rotatable bonds is 6. The second-order valence-electron chi connectivity index (χ2n) is 6.50. The number of phenols is 1. The first-order valence-electron chi connectivity index (χ1n) is 8.68. The SMILES string of the molecule is CN(C)C(=O)c1cccc(N(I)C2=C(NCc3ccccc3)C(=O)NC2=O)c1O. The van der Waals surface area contributed by atoms with E-state index in [2.05, 4.69) is 10.6 Å². The van der Waals surface area contributed by atoms with Gasteiger partial charge in [-0.15, -0.1) is 0 Å². The van der Waals surface area contributed by atoms with E-state index in [4.69, 9.17) is 0 Å². The van der Waals surface area contributed by atoms with Crippen molar-refractivity contribution < 1.29 is 19.5 Å². The molecule has 0 unspecified atom stereocenters. The molecule has 0 spiro atoms. The summed E-state index contributed by atoms with van der Waals surface area (Å²) in [6, 6.07) is 14.1. The van der Waals surface area contributed by atoms with Crippen molar-refractivity contribution in [1.29, 1.82) is 0 Å². The Morgan fingerprint density at radius 3 is 2.41 bits per heavy atom. The fourth-order valence-corrected chi connectivity index (χ4v) is 3.66. The molecule has 2 aromatic carbocycles.